The van der Waals surface area contributed by atoms with E-state index in [9.17, 15) is 14.4 Å². The molecule has 3 rings (SSSR count). The van der Waals surface area contributed by atoms with E-state index in [2.05, 4.69) is 21.3 Å². The molecule has 2 atom stereocenters. The fourth-order valence-electron chi connectivity index (χ4n) is 3.32. The van der Waals surface area contributed by atoms with Crippen LogP contribution in [0.2, 0.25) is 0 Å². The molecule has 1 fully saturated rings. The number of rotatable bonds is 9. The van der Waals surface area contributed by atoms with Gasteiger partial charge in [0, 0.05) is 31.1 Å². The molecule has 1 aliphatic heterocycles. The van der Waals surface area contributed by atoms with Crippen LogP contribution < -0.4 is 26.0 Å². The van der Waals surface area contributed by atoms with Crippen LogP contribution in [0.4, 0.5) is 5.69 Å². The predicted octanol–water partition coefficient (Wildman–Crippen LogP) is 2.14. The molecule has 8 nitrogen and oxygen atoms in total. The first-order valence-electron chi connectivity index (χ1n) is 10.3. The number of amides is 3. The normalized spacial score (nSPS) is 17.9. The van der Waals surface area contributed by atoms with Crippen LogP contribution in [0.25, 0.3) is 0 Å². The summed E-state index contributed by atoms with van der Waals surface area (Å²) in [5.74, 6) is 0.441. The van der Waals surface area contributed by atoms with Gasteiger partial charge in [-0.1, -0.05) is 24.3 Å². The van der Waals surface area contributed by atoms with Gasteiger partial charge in [-0.05, 0) is 42.3 Å². The minimum Gasteiger partial charge on any atom is -0.497 e. The molecule has 4 N–H and O–H groups in total. The first kappa shape index (κ1) is 23.6. The highest BCUT2D eigenvalue weighted by Gasteiger charge is 2.28. The third-order valence-corrected chi connectivity index (χ3v) is 5.87. The number of anilines is 1. The van der Waals surface area contributed by atoms with Gasteiger partial charge >= 0.3 is 0 Å². The Balaban J connectivity index is 1.43. The molecule has 3 amide bonds. The minimum atomic E-state index is -0.435. The zero-order valence-corrected chi connectivity index (χ0v) is 19.0. The number of carbonyl (C=O) groups excluding carboxylic acids is 3. The van der Waals surface area contributed by atoms with Gasteiger partial charge in [-0.25, -0.2) is 0 Å². The van der Waals surface area contributed by atoms with E-state index in [1.54, 1.807) is 7.11 Å². The van der Waals surface area contributed by atoms with Crippen molar-refractivity contribution in [2.75, 3.05) is 18.2 Å². The Morgan fingerprint density at radius 2 is 1.97 bits per heavy atom. The molecule has 1 saturated heterocycles. The summed E-state index contributed by atoms with van der Waals surface area (Å²) >= 11 is 1.28. The Bertz CT molecular complexity index is 969. The molecule has 2 aromatic carbocycles. The summed E-state index contributed by atoms with van der Waals surface area (Å²) in [4.78, 5) is 36.7. The van der Waals surface area contributed by atoms with Crippen molar-refractivity contribution in [2.24, 2.45) is 0 Å². The molecule has 0 aliphatic carbocycles. The number of nitrogens with one attached hydrogen (secondary N) is 4. The van der Waals surface area contributed by atoms with Gasteiger partial charge in [0.05, 0.1) is 12.9 Å². The number of ether oxygens (including phenoxy) is 1. The smallest absolute Gasteiger partial charge is 0.234 e. The third kappa shape index (κ3) is 7.58. The fraction of sp³-hybridized carbons (Fsp3) is 0.348. The number of hydrogen-bond acceptors (Lipinski definition) is 6. The predicted molar refractivity (Wildman–Crippen MR) is 125 cm³/mol. The molecule has 0 radical (unpaired) electrons. The Kier molecular flexibility index (Phi) is 8.52. The molecule has 1 aliphatic rings. The van der Waals surface area contributed by atoms with E-state index in [1.807, 2.05) is 55.5 Å². The fourth-order valence-corrected chi connectivity index (χ4v) is 4.22. The SMILES string of the molecule is COc1cccc(CNC(=O)CC2CC(=O)NC(SCC(=O)Nc3cccc(C)c3)N2)c1. The summed E-state index contributed by atoms with van der Waals surface area (Å²) in [6.45, 7) is 2.34. The average Bonchev–Trinajstić information content (AvgIpc) is 2.76. The Labute approximate surface area is 191 Å². The van der Waals surface area contributed by atoms with Crippen LogP contribution in [0.5, 0.6) is 5.75 Å². The Morgan fingerprint density at radius 3 is 2.75 bits per heavy atom. The van der Waals surface area contributed by atoms with Crippen molar-refractivity contribution in [3.63, 3.8) is 0 Å². The van der Waals surface area contributed by atoms with Gasteiger partial charge in [-0.15, -0.1) is 11.8 Å². The van der Waals surface area contributed by atoms with Crippen molar-refractivity contribution >= 4 is 35.2 Å². The van der Waals surface area contributed by atoms with Crippen molar-refractivity contribution in [1.82, 2.24) is 16.0 Å². The monoisotopic (exact) mass is 456 g/mol. The zero-order chi connectivity index (χ0) is 22.9. The van der Waals surface area contributed by atoms with E-state index >= 15 is 0 Å². The molecule has 9 heteroatoms. The Hall–Kier alpha value is -3.04. The molecule has 0 spiro atoms. The maximum absolute atomic E-state index is 12.4. The number of thioether (sulfide) groups is 1. The summed E-state index contributed by atoms with van der Waals surface area (Å²) in [7, 11) is 1.60. The van der Waals surface area contributed by atoms with Crippen LogP contribution in [0, 0.1) is 6.92 Å². The summed E-state index contributed by atoms with van der Waals surface area (Å²) in [5.41, 5.74) is 2.29. The summed E-state index contributed by atoms with van der Waals surface area (Å²) in [5, 5.41) is 11.8. The number of aryl methyl sites for hydroxylation is 1. The highest BCUT2D eigenvalue weighted by molar-refractivity contribution is 8.00. The molecule has 2 aromatic rings. The van der Waals surface area contributed by atoms with Crippen molar-refractivity contribution in [2.45, 2.75) is 37.8 Å². The highest BCUT2D eigenvalue weighted by Crippen LogP contribution is 2.16. The second-order valence-electron chi connectivity index (χ2n) is 7.58. The van der Waals surface area contributed by atoms with E-state index < -0.39 is 5.50 Å². The van der Waals surface area contributed by atoms with Crippen LogP contribution >= 0.6 is 11.8 Å². The van der Waals surface area contributed by atoms with Gasteiger partial charge in [0.2, 0.25) is 17.7 Å². The molecule has 2 unspecified atom stereocenters. The maximum Gasteiger partial charge on any atom is 0.234 e. The van der Waals surface area contributed by atoms with Gasteiger partial charge in [0.1, 0.15) is 11.2 Å². The maximum atomic E-state index is 12.4. The summed E-state index contributed by atoms with van der Waals surface area (Å²) < 4.78 is 5.19. The summed E-state index contributed by atoms with van der Waals surface area (Å²) in [6, 6.07) is 14.7. The second kappa shape index (κ2) is 11.5. The molecular weight excluding hydrogens is 428 g/mol. The molecule has 1 heterocycles. The summed E-state index contributed by atoms with van der Waals surface area (Å²) in [6.07, 6.45) is 0.378. The lowest BCUT2D eigenvalue weighted by atomic mass is 10.1. The van der Waals surface area contributed by atoms with Crippen molar-refractivity contribution in [3.8, 4) is 5.75 Å². The van der Waals surface area contributed by atoms with Crippen molar-refractivity contribution in [3.05, 3.63) is 59.7 Å². The molecule has 0 aromatic heterocycles. The van der Waals surface area contributed by atoms with E-state index in [0.717, 1.165) is 22.6 Å². The third-order valence-electron chi connectivity index (χ3n) is 4.85. The number of benzene rings is 2. The van der Waals surface area contributed by atoms with E-state index in [-0.39, 0.29) is 42.4 Å². The van der Waals surface area contributed by atoms with Gasteiger partial charge in [0.15, 0.2) is 0 Å². The first-order chi connectivity index (χ1) is 15.4. The molecule has 0 bridgehead atoms. The number of methoxy groups -OCH3 is 1. The standard InChI is InChI=1S/C23H28N4O4S/c1-15-5-3-7-17(9-15)25-22(30)14-32-23-26-18(12-21(29)27-23)11-20(28)24-13-16-6-4-8-19(10-16)31-2/h3-10,18,23,26H,11-14H2,1-2H3,(H,24,28)(H,25,30)(H,27,29). The van der Waals surface area contributed by atoms with Crippen molar-refractivity contribution < 1.29 is 19.1 Å². The van der Waals surface area contributed by atoms with Crippen LogP contribution in [-0.2, 0) is 20.9 Å². The number of hydrogen-bond donors (Lipinski definition) is 4. The molecule has 170 valence electrons. The Morgan fingerprint density at radius 1 is 1.16 bits per heavy atom. The van der Waals surface area contributed by atoms with Crippen LogP contribution in [-0.4, -0.2) is 42.1 Å². The highest BCUT2D eigenvalue weighted by atomic mass is 32.2. The van der Waals surface area contributed by atoms with Gasteiger partial charge in [0.25, 0.3) is 0 Å². The zero-order valence-electron chi connectivity index (χ0n) is 18.1. The van der Waals surface area contributed by atoms with Crippen LogP contribution in [0.3, 0.4) is 0 Å². The van der Waals surface area contributed by atoms with Crippen LogP contribution in [0.1, 0.15) is 24.0 Å². The second-order valence-corrected chi connectivity index (χ2v) is 8.67. The van der Waals surface area contributed by atoms with Gasteiger partial charge in [-0.2, -0.15) is 0 Å². The van der Waals surface area contributed by atoms with E-state index in [0.29, 0.717) is 6.54 Å². The van der Waals surface area contributed by atoms with Gasteiger partial charge < -0.3 is 20.7 Å². The lowest BCUT2D eigenvalue weighted by molar-refractivity contribution is -0.125. The largest absolute Gasteiger partial charge is 0.497 e. The van der Waals surface area contributed by atoms with E-state index in [4.69, 9.17) is 4.74 Å². The van der Waals surface area contributed by atoms with E-state index in [1.165, 1.54) is 11.8 Å². The van der Waals surface area contributed by atoms with Crippen LogP contribution in [0.15, 0.2) is 48.5 Å². The molecule has 32 heavy (non-hydrogen) atoms. The van der Waals surface area contributed by atoms with Gasteiger partial charge in [-0.3, -0.25) is 19.7 Å². The quantitative estimate of drug-likeness (QED) is 0.461. The molecular formula is C23H28N4O4S. The topological polar surface area (TPSA) is 109 Å². The number of carbonyl (C=O) groups is 3. The lowest BCUT2D eigenvalue weighted by Gasteiger charge is -2.30. The molecule has 0 saturated carbocycles. The lowest BCUT2D eigenvalue weighted by Crippen LogP contribution is -2.56. The average molecular weight is 457 g/mol. The minimum absolute atomic E-state index is 0.147. The first-order valence-corrected chi connectivity index (χ1v) is 11.4. The van der Waals surface area contributed by atoms with Crippen molar-refractivity contribution in [1.29, 1.82) is 0 Å².